The number of aryl methyl sites for hydroxylation is 2. The Balaban J connectivity index is 1.71. The number of hydrogen-bond donors (Lipinski definition) is 1. The summed E-state index contributed by atoms with van der Waals surface area (Å²) in [5, 5.41) is 15.2. The molecule has 0 saturated carbocycles. The molecule has 9 heteroatoms. The Morgan fingerprint density at radius 3 is 2.80 bits per heavy atom. The van der Waals surface area contributed by atoms with Crippen LogP contribution in [0.1, 0.15) is 11.1 Å². The van der Waals surface area contributed by atoms with Gasteiger partial charge in [-0.05, 0) is 43.2 Å². The number of thiazole rings is 1. The van der Waals surface area contributed by atoms with Crippen LogP contribution in [0.2, 0.25) is 5.02 Å². The summed E-state index contributed by atoms with van der Waals surface area (Å²) in [6.45, 7) is 4.07. The summed E-state index contributed by atoms with van der Waals surface area (Å²) >= 11 is 9.15. The Morgan fingerprint density at radius 2 is 2.03 bits per heavy atom. The molecule has 1 amide bonds. The lowest BCUT2D eigenvalue weighted by molar-refractivity contribution is -0.113. The zero-order valence-electron chi connectivity index (χ0n) is 16.3. The number of thioether (sulfide) groups is 1. The maximum Gasteiger partial charge on any atom is 0.236 e. The maximum atomic E-state index is 12.3. The minimum Gasteiger partial charge on any atom is -0.301 e. The topological polar surface area (TPSA) is 72.7 Å². The first-order valence-corrected chi connectivity index (χ1v) is 11.4. The number of rotatable bonds is 6. The van der Waals surface area contributed by atoms with E-state index in [4.69, 9.17) is 11.6 Å². The first-order valence-electron chi connectivity index (χ1n) is 9.13. The number of anilines is 1. The molecule has 2 heterocycles. The predicted octanol–water partition coefficient (Wildman–Crippen LogP) is 5.39. The van der Waals surface area contributed by atoms with E-state index in [9.17, 15) is 4.79 Å². The van der Waals surface area contributed by atoms with Crippen molar-refractivity contribution in [2.24, 2.45) is 0 Å². The zero-order chi connectivity index (χ0) is 21.1. The quantitative estimate of drug-likeness (QED) is 0.394. The van der Waals surface area contributed by atoms with Crippen LogP contribution in [0.25, 0.3) is 17.1 Å². The van der Waals surface area contributed by atoms with E-state index in [1.807, 2.05) is 48.1 Å². The van der Waals surface area contributed by atoms with Crippen LogP contribution >= 0.6 is 34.7 Å². The monoisotopic (exact) mass is 455 g/mol. The van der Waals surface area contributed by atoms with Crippen LogP contribution < -0.4 is 5.32 Å². The number of benzene rings is 2. The lowest BCUT2D eigenvalue weighted by atomic mass is 10.1. The Labute approximate surface area is 187 Å². The van der Waals surface area contributed by atoms with E-state index in [1.54, 1.807) is 6.20 Å². The van der Waals surface area contributed by atoms with Crippen molar-refractivity contribution in [3.8, 4) is 17.1 Å². The van der Waals surface area contributed by atoms with E-state index in [0.29, 0.717) is 21.1 Å². The minimum absolute atomic E-state index is 0.148. The third kappa shape index (κ3) is 4.40. The van der Waals surface area contributed by atoms with Gasteiger partial charge in [0.05, 0.1) is 16.5 Å². The van der Waals surface area contributed by atoms with Gasteiger partial charge in [-0.25, -0.2) is 4.98 Å². The van der Waals surface area contributed by atoms with Crippen LogP contribution in [-0.4, -0.2) is 31.4 Å². The smallest absolute Gasteiger partial charge is 0.236 e. The van der Waals surface area contributed by atoms with Gasteiger partial charge in [0.15, 0.2) is 16.1 Å². The first-order chi connectivity index (χ1) is 14.5. The Morgan fingerprint density at radius 1 is 1.20 bits per heavy atom. The molecule has 0 aliphatic rings. The molecule has 0 bridgehead atoms. The molecule has 152 valence electrons. The summed E-state index contributed by atoms with van der Waals surface area (Å²) in [5.41, 5.74) is 3.93. The van der Waals surface area contributed by atoms with Crippen LogP contribution in [0.4, 0.5) is 5.13 Å². The molecule has 0 saturated heterocycles. The average Bonchev–Trinajstić information content (AvgIpc) is 3.38. The zero-order valence-corrected chi connectivity index (χ0v) is 18.7. The predicted molar refractivity (Wildman–Crippen MR) is 123 cm³/mol. The summed E-state index contributed by atoms with van der Waals surface area (Å²) in [6, 6.07) is 13.7. The highest BCUT2D eigenvalue weighted by atomic mass is 35.5. The van der Waals surface area contributed by atoms with Crippen molar-refractivity contribution in [2.75, 3.05) is 11.1 Å². The van der Waals surface area contributed by atoms with Gasteiger partial charge in [0.2, 0.25) is 5.91 Å². The SMILES string of the molecule is Cc1ccc(C)c(-n2c(SCC(=O)Nc3nccs3)nnc2-c2ccccc2Cl)c1. The number of hydrogen-bond acceptors (Lipinski definition) is 6. The van der Waals surface area contributed by atoms with Crippen LogP contribution in [0.5, 0.6) is 0 Å². The van der Waals surface area contributed by atoms with Crippen LogP contribution in [0.15, 0.2) is 59.2 Å². The molecule has 2 aromatic carbocycles. The second kappa shape index (κ2) is 8.99. The summed E-state index contributed by atoms with van der Waals surface area (Å²) in [6.07, 6.45) is 1.65. The number of halogens is 1. The molecule has 0 fully saturated rings. The second-order valence-electron chi connectivity index (χ2n) is 6.59. The maximum absolute atomic E-state index is 12.3. The highest BCUT2D eigenvalue weighted by Gasteiger charge is 2.20. The van der Waals surface area contributed by atoms with Gasteiger partial charge in [-0.3, -0.25) is 9.36 Å². The number of nitrogens with zero attached hydrogens (tertiary/aromatic N) is 4. The van der Waals surface area contributed by atoms with E-state index in [-0.39, 0.29) is 11.7 Å². The van der Waals surface area contributed by atoms with Crippen molar-refractivity contribution in [3.63, 3.8) is 0 Å². The highest BCUT2D eigenvalue weighted by Crippen LogP contribution is 2.33. The standard InChI is InChI=1S/C21H18ClN5OS2/c1-13-7-8-14(2)17(11-13)27-19(15-5-3-4-6-16(15)22)25-26-21(27)30-12-18(28)24-20-23-9-10-29-20/h3-11H,12H2,1-2H3,(H,23,24,28). The summed E-state index contributed by atoms with van der Waals surface area (Å²) in [7, 11) is 0. The molecule has 0 aliphatic carbocycles. The van der Waals surface area contributed by atoms with Gasteiger partial charge < -0.3 is 5.32 Å². The molecule has 6 nitrogen and oxygen atoms in total. The molecule has 0 radical (unpaired) electrons. The lowest BCUT2D eigenvalue weighted by Gasteiger charge is -2.14. The lowest BCUT2D eigenvalue weighted by Crippen LogP contribution is -2.14. The molecule has 2 aromatic heterocycles. The van der Waals surface area contributed by atoms with Crippen molar-refractivity contribution < 1.29 is 4.79 Å². The number of carbonyl (C=O) groups is 1. The molecular weight excluding hydrogens is 438 g/mol. The molecule has 0 spiro atoms. The molecule has 30 heavy (non-hydrogen) atoms. The molecule has 0 unspecified atom stereocenters. The van der Waals surface area contributed by atoms with Crippen LogP contribution in [-0.2, 0) is 4.79 Å². The van der Waals surface area contributed by atoms with E-state index in [2.05, 4.69) is 38.7 Å². The normalized spacial score (nSPS) is 10.9. The van der Waals surface area contributed by atoms with Gasteiger partial charge in [0, 0.05) is 17.1 Å². The average molecular weight is 456 g/mol. The highest BCUT2D eigenvalue weighted by molar-refractivity contribution is 7.99. The summed E-state index contributed by atoms with van der Waals surface area (Å²) < 4.78 is 1.96. The fraction of sp³-hybridized carbons (Fsp3) is 0.143. The number of aromatic nitrogens is 4. The molecular formula is C21H18ClN5OS2. The van der Waals surface area contributed by atoms with Crippen molar-refractivity contribution >= 4 is 45.7 Å². The third-order valence-electron chi connectivity index (χ3n) is 4.36. The number of carbonyl (C=O) groups excluding carboxylic acids is 1. The summed E-state index contributed by atoms with van der Waals surface area (Å²) in [5.74, 6) is 0.673. The largest absolute Gasteiger partial charge is 0.301 e. The van der Waals surface area contributed by atoms with Gasteiger partial charge in [0.1, 0.15) is 0 Å². The fourth-order valence-electron chi connectivity index (χ4n) is 2.93. The number of amides is 1. The third-order valence-corrected chi connectivity index (χ3v) is 6.31. The van der Waals surface area contributed by atoms with Crippen molar-refractivity contribution in [3.05, 3.63) is 70.2 Å². The Bertz CT molecular complexity index is 1190. The minimum atomic E-state index is -0.148. The first kappa shape index (κ1) is 20.6. The van der Waals surface area contributed by atoms with Crippen LogP contribution in [0, 0.1) is 13.8 Å². The number of nitrogens with one attached hydrogen (secondary N) is 1. The van der Waals surface area contributed by atoms with E-state index >= 15 is 0 Å². The van der Waals surface area contributed by atoms with Gasteiger partial charge >= 0.3 is 0 Å². The molecule has 0 aliphatic heterocycles. The van der Waals surface area contributed by atoms with Crippen molar-refractivity contribution in [2.45, 2.75) is 19.0 Å². The summed E-state index contributed by atoms with van der Waals surface area (Å²) in [4.78, 5) is 16.4. The van der Waals surface area contributed by atoms with E-state index < -0.39 is 0 Å². The Kier molecular flexibility index (Phi) is 6.17. The van der Waals surface area contributed by atoms with Gasteiger partial charge in [-0.15, -0.1) is 21.5 Å². The Hall–Kier alpha value is -2.68. The van der Waals surface area contributed by atoms with Crippen molar-refractivity contribution in [1.82, 2.24) is 19.7 Å². The molecule has 4 aromatic rings. The van der Waals surface area contributed by atoms with E-state index in [1.165, 1.54) is 23.1 Å². The van der Waals surface area contributed by atoms with Gasteiger partial charge in [-0.1, -0.05) is 47.6 Å². The van der Waals surface area contributed by atoms with Crippen LogP contribution in [0.3, 0.4) is 0 Å². The second-order valence-corrected chi connectivity index (χ2v) is 8.83. The fourth-order valence-corrected chi connectivity index (χ4v) is 4.44. The molecule has 1 N–H and O–H groups in total. The van der Waals surface area contributed by atoms with Gasteiger partial charge in [0.25, 0.3) is 0 Å². The van der Waals surface area contributed by atoms with E-state index in [0.717, 1.165) is 22.4 Å². The molecule has 0 atom stereocenters. The van der Waals surface area contributed by atoms with Gasteiger partial charge in [-0.2, -0.15) is 0 Å². The van der Waals surface area contributed by atoms with Crippen molar-refractivity contribution in [1.29, 1.82) is 0 Å². The molecule has 4 rings (SSSR count).